The van der Waals surface area contributed by atoms with Crippen molar-refractivity contribution < 1.29 is 14.3 Å². The van der Waals surface area contributed by atoms with Gasteiger partial charge in [0, 0.05) is 38.4 Å². The van der Waals surface area contributed by atoms with Crippen molar-refractivity contribution >= 4 is 40.2 Å². The first kappa shape index (κ1) is 22.1. The van der Waals surface area contributed by atoms with Gasteiger partial charge in [0.25, 0.3) is 5.56 Å². The summed E-state index contributed by atoms with van der Waals surface area (Å²) in [5, 5.41) is 1.56. The van der Waals surface area contributed by atoms with Gasteiger partial charge in [0.1, 0.15) is 0 Å². The van der Waals surface area contributed by atoms with Gasteiger partial charge >= 0.3 is 0 Å². The molecule has 1 aromatic carbocycles. The summed E-state index contributed by atoms with van der Waals surface area (Å²) in [5.41, 5.74) is 0.410. The summed E-state index contributed by atoms with van der Waals surface area (Å²) >= 11 is 7.36. The fourth-order valence-corrected chi connectivity index (χ4v) is 4.35. The molecule has 29 heavy (non-hydrogen) atoms. The number of thioether (sulfide) groups is 1. The summed E-state index contributed by atoms with van der Waals surface area (Å²) < 4.78 is 12.4. The molecule has 0 bridgehead atoms. The smallest absolute Gasteiger partial charge is 0.262 e. The van der Waals surface area contributed by atoms with Crippen LogP contribution in [0.3, 0.4) is 0 Å². The third kappa shape index (κ3) is 5.51. The largest absolute Gasteiger partial charge is 0.385 e. The number of halogens is 1. The number of hydrogen-bond acceptors (Lipinski definition) is 6. The van der Waals surface area contributed by atoms with Gasteiger partial charge in [-0.05, 0) is 31.0 Å². The van der Waals surface area contributed by atoms with E-state index < -0.39 is 0 Å². The Hall–Kier alpha value is -1.61. The molecular formula is C20H26ClN3O4S. The van der Waals surface area contributed by atoms with Crippen LogP contribution in [0.4, 0.5) is 0 Å². The van der Waals surface area contributed by atoms with Crippen LogP contribution in [-0.2, 0) is 20.8 Å². The van der Waals surface area contributed by atoms with Crippen molar-refractivity contribution in [3.05, 3.63) is 33.6 Å². The molecule has 2 heterocycles. The van der Waals surface area contributed by atoms with Crippen LogP contribution in [0.2, 0.25) is 5.02 Å². The van der Waals surface area contributed by atoms with Crippen LogP contribution in [0.25, 0.3) is 10.9 Å². The van der Waals surface area contributed by atoms with Crippen molar-refractivity contribution in [1.29, 1.82) is 0 Å². The van der Waals surface area contributed by atoms with E-state index in [9.17, 15) is 9.59 Å². The first-order valence-electron chi connectivity index (χ1n) is 9.74. The van der Waals surface area contributed by atoms with E-state index in [4.69, 9.17) is 21.1 Å². The normalized spacial score (nSPS) is 17.1. The van der Waals surface area contributed by atoms with E-state index >= 15 is 0 Å². The Kier molecular flexibility index (Phi) is 7.94. The lowest BCUT2D eigenvalue weighted by molar-refractivity contribution is -0.135. The van der Waals surface area contributed by atoms with Gasteiger partial charge in [-0.3, -0.25) is 14.2 Å². The van der Waals surface area contributed by atoms with Crippen molar-refractivity contribution in [3.63, 3.8) is 0 Å². The number of morpholine rings is 1. The third-order valence-electron chi connectivity index (χ3n) is 4.88. The molecule has 0 radical (unpaired) electrons. The van der Waals surface area contributed by atoms with Gasteiger partial charge in [-0.15, -0.1) is 0 Å². The van der Waals surface area contributed by atoms with E-state index in [-0.39, 0.29) is 23.3 Å². The quantitative estimate of drug-likeness (QED) is 0.357. The SMILES string of the molecule is CCC1CN(C(=O)CSc2nc3cc(Cl)ccc3c(=O)n2CCCOC)CCO1. The van der Waals surface area contributed by atoms with Gasteiger partial charge in [-0.2, -0.15) is 0 Å². The molecule has 1 atom stereocenters. The van der Waals surface area contributed by atoms with E-state index in [1.54, 1.807) is 29.9 Å². The molecule has 3 rings (SSSR count). The maximum absolute atomic E-state index is 13.0. The average Bonchev–Trinajstić information content (AvgIpc) is 2.73. The number of fused-ring (bicyclic) bond motifs is 1. The highest BCUT2D eigenvalue weighted by Crippen LogP contribution is 2.21. The van der Waals surface area contributed by atoms with Crippen molar-refractivity contribution in [3.8, 4) is 0 Å². The van der Waals surface area contributed by atoms with E-state index in [1.807, 2.05) is 4.90 Å². The Morgan fingerprint density at radius 3 is 3.03 bits per heavy atom. The number of benzene rings is 1. The molecule has 158 valence electrons. The molecule has 0 aliphatic carbocycles. The zero-order valence-electron chi connectivity index (χ0n) is 16.7. The van der Waals surface area contributed by atoms with Crippen molar-refractivity contribution in [2.24, 2.45) is 0 Å². The minimum atomic E-state index is -0.130. The van der Waals surface area contributed by atoms with Gasteiger partial charge in [0.05, 0.1) is 29.4 Å². The Morgan fingerprint density at radius 2 is 2.28 bits per heavy atom. The summed E-state index contributed by atoms with van der Waals surface area (Å²) in [6, 6.07) is 5.06. The van der Waals surface area contributed by atoms with E-state index in [0.717, 1.165) is 6.42 Å². The Morgan fingerprint density at radius 1 is 1.45 bits per heavy atom. The topological polar surface area (TPSA) is 73.7 Å². The van der Waals surface area contributed by atoms with Crippen molar-refractivity contribution in [1.82, 2.24) is 14.5 Å². The van der Waals surface area contributed by atoms with Gasteiger partial charge in [-0.25, -0.2) is 4.98 Å². The summed E-state index contributed by atoms with van der Waals surface area (Å²) in [5.74, 6) is 0.250. The summed E-state index contributed by atoms with van der Waals surface area (Å²) in [4.78, 5) is 32.2. The molecule has 1 aliphatic rings. The van der Waals surface area contributed by atoms with E-state index in [2.05, 4.69) is 11.9 Å². The third-order valence-corrected chi connectivity index (χ3v) is 6.08. The van der Waals surface area contributed by atoms with Crippen LogP contribution in [0, 0.1) is 0 Å². The molecular weight excluding hydrogens is 414 g/mol. The number of rotatable bonds is 8. The van der Waals surface area contributed by atoms with Crippen LogP contribution in [0.15, 0.2) is 28.2 Å². The van der Waals surface area contributed by atoms with Crippen LogP contribution in [0.5, 0.6) is 0 Å². The molecule has 1 amide bonds. The molecule has 9 heteroatoms. The Balaban J connectivity index is 1.81. The molecule has 7 nitrogen and oxygen atoms in total. The highest BCUT2D eigenvalue weighted by Gasteiger charge is 2.23. The number of methoxy groups -OCH3 is 1. The van der Waals surface area contributed by atoms with E-state index in [0.29, 0.717) is 60.4 Å². The first-order chi connectivity index (χ1) is 14.0. The lowest BCUT2D eigenvalue weighted by Crippen LogP contribution is -2.46. The zero-order chi connectivity index (χ0) is 20.8. The summed E-state index contributed by atoms with van der Waals surface area (Å²) in [6.45, 7) is 4.83. The predicted molar refractivity (Wildman–Crippen MR) is 115 cm³/mol. The van der Waals surface area contributed by atoms with Crippen molar-refractivity contribution in [2.45, 2.75) is 37.6 Å². The number of carbonyl (C=O) groups is 1. The lowest BCUT2D eigenvalue weighted by atomic mass is 10.2. The molecule has 0 spiro atoms. The second-order valence-electron chi connectivity index (χ2n) is 6.89. The molecule has 1 saturated heterocycles. The second-order valence-corrected chi connectivity index (χ2v) is 8.27. The lowest BCUT2D eigenvalue weighted by Gasteiger charge is -2.32. The summed E-state index contributed by atoms with van der Waals surface area (Å²) in [7, 11) is 1.63. The second kappa shape index (κ2) is 10.4. The molecule has 0 saturated carbocycles. The fourth-order valence-electron chi connectivity index (χ4n) is 3.26. The van der Waals surface area contributed by atoms with Crippen LogP contribution in [0.1, 0.15) is 19.8 Å². The van der Waals surface area contributed by atoms with Gasteiger partial charge in [0.2, 0.25) is 5.91 Å². The minimum Gasteiger partial charge on any atom is -0.385 e. The number of carbonyl (C=O) groups excluding carboxylic acids is 1. The number of nitrogens with zero attached hydrogens (tertiary/aromatic N) is 3. The number of aromatic nitrogens is 2. The van der Waals surface area contributed by atoms with E-state index in [1.165, 1.54) is 11.8 Å². The maximum atomic E-state index is 13.0. The first-order valence-corrected chi connectivity index (χ1v) is 11.1. The number of amides is 1. The van der Waals surface area contributed by atoms with Gasteiger partial charge in [-0.1, -0.05) is 30.3 Å². The van der Waals surface area contributed by atoms with Gasteiger partial charge in [0.15, 0.2) is 5.16 Å². The monoisotopic (exact) mass is 439 g/mol. The highest BCUT2D eigenvalue weighted by molar-refractivity contribution is 7.99. The minimum absolute atomic E-state index is 0.0284. The number of hydrogen-bond donors (Lipinski definition) is 0. The number of ether oxygens (including phenoxy) is 2. The maximum Gasteiger partial charge on any atom is 0.262 e. The highest BCUT2D eigenvalue weighted by atomic mass is 35.5. The Labute approximate surface area is 179 Å². The Bertz CT molecular complexity index is 920. The molecule has 1 aromatic heterocycles. The molecule has 0 N–H and O–H groups in total. The standard InChI is InChI=1S/C20H26ClN3O4S/c1-3-15-12-23(8-10-28-15)18(25)13-29-20-22-17-11-14(21)5-6-16(17)19(26)24(20)7-4-9-27-2/h5-6,11,15H,3-4,7-10,12-13H2,1-2H3. The van der Waals surface area contributed by atoms with Crippen LogP contribution < -0.4 is 5.56 Å². The molecule has 1 aliphatic heterocycles. The molecule has 1 unspecified atom stereocenters. The molecule has 1 fully saturated rings. The van der Waals surface area contributed by atoms with Crippen molar-refractivity contribution in [2.75, 3.05) is 39.2 Å². The fraction of sp³-hybridized carbons (Fsp3) is 0.550. The van der Waals surface area contributed by atoms with Crippen LogP contribution in [-0.4, -0.2) is 65.6 Å². The average molecular weight is 440 g/mol. The zero-order valence-corrected chi connectivity index (χ0v) is 18.3. The van der Waals surface area contributed by atoms with Gasteiger partial charge < -0.3 is 14.4 Å². The summed E-state index contributed by atoms with van der Waals surface area (Å²) in [6.07, 6.45) is 1.65. The molecule has 2 aromatic rings. The van der Waals surface area contributed by atoms with Crippen LogP contribution >= 0.6 is 23.4 Å². The predicted octanol–water partition coefficient (Wildman–Crippen LogP) is 2.82.